The van der Waals surface area contributed by atoms with E-state index in [-0.39, 0.29) is 13.2 Å². The van der Waals surface area contributed by atoms with Crippen LogP contribution in [0.5, 0.6) is 11.5 Å². The zero-order valence-corrected chi connectivity index (χ0v) is 20.7. The van der Waals surface area contributed by atoms with Crippen LogP contribution in [-0.2, 0) is 5.41 Å². The molecule has 172 valence electrons. The summed E-state index contributed by atoms with van der Waals surface area (Å²) in [5.41, 5.74) is 1.27. The van der Waals surface area contributed by atoms with Gasteiger partial charge in [-0.1, -0.05) is 60.3 Å². The molecular formula is C23H28Cl4O4. The number of rotatable bonds is 12. The lowest BCUT2D eigenvalue weighted by molar-refractivity contribution is 0.253. The maximum absolute atomic E-state index is 8.88. The Bertz CT molecular complexity index is 755. The molecule has 31 heavy (non-hydrogen) atoms. The minimum Gasteiger partial charge on any atom is -0.490 e. The highest BCUT2D eigenvalue weighted by molar-refractivity contribution is 6.38. The Labute approximate surface area is 204 Å². The highest BCUT2D eigenvalue weighted by atomic mass is 35.5. The van der Waals surface area contributed by atoms with Crippen LogP contribution in [0.3, 0.4) is 0 Å². The van der Waals surface area contributed by atoms with Crippen molar-refractivity contribution in [3.63, 3.8) is 0 Å². The van der Waals surface area contributed by atoms with Crippen LogP contribution in [0.2, 0.25) is 20.1 Å². The maximum atomic E-state index is 8.88. The quantitative estimate of drug-likeness (QED) is 0.304. The molecule has 0 aromatic heterocycles. The Balaban J connectivity index is 2.26. The molecule has 0 saturated heterocycles. The van der Waals surface area contributed by atoms with E-state index in [9.17, 15) is 0 Å². The zero-order chi connectivity index (χ0) is 23.0. The van der Waals surface area contributed by atoms with E-state index < -0.39 is 5.41 Å². The predicted octanol–water partition coefficient (Wildman–Crippen LogP) is 6.93. The number of hydrogen-bond donors (Lipinski definition) is 2. The molecule has 0 saturated carbocycles. The van der Waals surface area contributed by atoms with E-state index in [1.807, 2.05) is 38.1 Å². The summed E-state index contributed by atoms with van der Waals surface area (Å²) in [7, 11) is 0. The van der Waals surface area contributed by atoms with Gasteiger partial charge >= 0.3 is 0 Å². The highest BCUT2D eigenvalue weighted by Gasteiger charge is 2.27. The van der Waals surface area contributed by atoms with Crippen molar-refractivity contribution >= 4 is 46.4 Å². The van der Waals surface area contributed by atoms with Crippen LogP contribution in [0.4, 0.5) is 0 Å². The average molecular weight is 510 g/mol. The predicted molar refractivity (Wildman–Crippen MR) is 129 cm³/mol. The van der Waals surface area contributed by atoms with Gasteiger partial charge in [-0.15, -0.1) is 0 Å². The first-order valence-electron chi connectivity index (χ1n) is 10.2. The molecule has 2 aromatic rings. The minimum atomic E-state index is -0.495. The van der Waals surface area contributed by atoms with Gasteiger partial charge in [-0.05, 0) is 61.1 Å². The molecule has 2 aromatic carbocycles. The van der Waals surface area contributed by atoms with Crippen LogP contribution in [0.25, 0.3) is 0 Å². The summed E-state index contributed by atoms with van der Waals surface area (Å²) in [5, 5.41) is 19.4. The Morgan fingerprint density at radius 2 is 0.968 bits per heavy atom. The fraction of sp³-hybridized carbons (Fsp3) is 0.478. The second-order valence-electron chi connectivity index (χ2n) is 7.72. The Morgan fingerprint density at radius 1 is 0.645 bits per heavy atom. The molecule has 0 spiro atoms. The summed E-state index contributed by atoms with van der Waals surface area (Å²) in [6.07, 6.45) is 2.73. The first-order chi connectivity index (χ1) is 14.7. The summed E-state index contributed by atoms with van der Waals surface area (Å²) in [6.45, 7) is 5.15. The molecule has 0 heterocycles. The van der Waals surface area contributed by atoms with Gasteiger partial charge in [0, 0.05) is 18.6 Å². The van der Waals surface area contributed by atoms with E-state index in [0.717, 1.165) is 11.1 Å². The van der Waals surface area contributed by atoms with Crippen molar-refractivity contribution in [1.29, 1.82) is 0 Å². The Kier molecular flexibility index (Phi) is 10.5. The topological polar surface area (TPSA) is 58.9 Å². The lowest BCUT2D eigenvalue weighted by Crippen LogP contribution is -2.19. The zero-order valence-electron chi connectivity index (χ0n) is 17.7. The van der Waals surface area contributed by atoms with Gasteiger partial charge in [0.1, 0.15) is 0 Å². The SMILES string of the molecule is CC(C)(c1cc(Cl)c(OCCCCO)c(Cl)c1)c1cc(Cl)c(OCCCCO)c(Cl)c1. The van der Waals surface area contributed by atoms with E-state index in [4.69, 9.17) is 66.1 Å². The number of aliphatic hydroxyl groups is 2. The lowest BCUT2D eigenvalue weighted by Gasteiger charge is -2.28. The fourth-order valence-corrected chi connectivity index (χ4v) is 4.25. The molecule has 2 N–H and O–H groups in total. The fourth-order valence-electron chi connectivity index (χ4n) is 3.06. The number of ether oxygens (including phenoxy) is 2. The van der Waals surface area contributed by atoms with Crippen molar-refractivity contribution in [3.05, 3.63) is 55.5 Å². The van der Waals surface area contributed by atoms with Crippen molar-refractivity contribution in [2.24, 2.45) is 0 Å². The monoisotopic (exact) mass is 508 g/mol. The van der Waals surface area contributed by atoms with Gasteiger partial charge in [-0.2, -0.15) is 0 Å². The standard InChI is InChI=1S/C23H28Cl4O4/c1-23(2,15-11-17(24)21(18(25)12-15)30-9-5-3-7-28)16-13-19(26)22(20(27)14-16)31-10-6-4-8-29/h11-14,28-29H,3-10H2,1-2H3. The number of unbranched alkanes of at least 4 members (excludes halogenated alkanes) is 2. The van der Waals surface area contributed by atoms with Crippen molar-refractivity contribution in [2.45, 2.75) is 44.9 Å². The van der Waals surface area contributed by atoms with E-state index in [1.54, 1.807) is 0 Å². The van der Waals surface area contributed by atoms with E-state index in [2.05, 4.69) is 0 Å². The Hall–Kier alpha value is -0.880. The molecule has 2 rings (SSSR count). The largest absolute Gasteiger partial charge is 0.490 e. The van der Waals surface area contributed by atoms with Crippen LogP contribution < -0.4 is 9.47 Å². The molecule has 0 atom stereocenters. The molecule has 8 heteroatoms. The van der Waals surface area contributed by atoms with Crippen molar-refractivity contribution < 1.29 is 19.7 Å². The third-order valence-corrected chi connectivity index (χ3v) is 6.16. The Morgan fingerprint density at radius 3 is 1.26 bits per heavy atom. The van der Waals surface area contributed by atoms with Crippen LogP contribution in [0, 0.1) is 0 Å². The normalized spacial score (nSPS) is 11.6. The van der Waals surface area contributed by atoms with Gasteiger partial charge in [0.2, 0.25) is 0 Å². The maximum Gasteiger partial charge on any atom is 0.156 e. The molecular weight excluding hydrogens is 482 g/mol. The molecule has 0 amide bonds. The molecule has 0 aliphatic rings. The molecule has 0 aliphatic heterocycles. The van der Waals surface area contributed by atoms with Gasteiger partial charge in [0.05, 0.1) is 33.3 Å². The lowest BCUT2D eigenvalue weighted by atomic mass is 9.78. The molecule has 0 unspecified atom stereocenters. The number of hydrogen-bond acceptors (Lipinski definition) is 4. The van der Waals surface area contributed by atoms with Crippen LogP contribution in [0.15, 0.2) is 24.3 Å². The van der Waals surface area contributed by atoms with Crippen LogP contribution in [-0.4, -0.2) is 36.6 Å². The van der Waals surface area contributed by atoms with Crippen molar-refractivity contribution in [1.82, 2.24) is 0 Å². The highest BCUT2D eigenvalue weighted by Crippen LogP contribution is 2.43. The summed E-state index contributed by atoms with van der Waals surface area (Å²) in [4.78, 5) is 0. The van der Waals surface area contributed by atoms with E-state index >= 15 is 0 Å². The molecule has 4 nitrogen and oxygen atoms in total. The van der Waals surface area contributed by atoms with E-state index in [0.29, 0.717) is 70.5 Å². The molecule has 0 fully saturated rings. The second-order valence-corrected chi connectivity index (χ2v) is 9.35. The van der Waals surface area contributed by atoms with Gasteiger partial charge in [0.15, 0.2) is 11.5 Å². The summed E-state index contributed by atoms with van der Waals surface area (Å²) in [6, 6.07) is 7.32. The summed E-state index contributed by atoms with van der Waals surface area (Å²) >= 11 is 25.9. The second kappa shape index (κ2) is 12.4. The van der Waals surface area contributed by atoms with Gasteiger partial charge < -0.3 is 19.7 Å². The number of aliphatic hydroxyl groups excluding tert-OH is 2. The molecule has 0 radical (unpaired) electrons. The summed E-state index contributed by atoms with van der Waals surface area (Å²) in [5.74, 6) is 0.868. The average Bonchev–Trinajstić information content (AvgIpc) is 2.71. The smallest absolute Gasteiger partial charge is 0.156 e. The minimum absolute atomic E-state index is 0.121. The first-order valence-corrected chi connectivity index (χ1v) is 11.7. The van der Waals surface area contributed by atoms with Crippen LogP contribution >= 0.6 is 46.4 Å². The van der Waals surface area contributed by atoms with Crippen molar-refractivity contribution in [2.75, 3.05) is 26.4 Å². The van der Waals surface area contributed by atoms with Gasteiger partial charge in [0.25, 0.3) is 0 Å². The third kappa shape index (κ3) is 7.05. The summed E-state index contributed by atoms with van der Waals surface area (Å²) < 4.78 is 11.4. The van der Waals surface area contributed by atoms with Gasteiger partial charge in [-0.25, -0.2) is 0 Å². The number of benzene rings is 2. The van der Waals surface area contributed by atoms with Crippen LogP contribution in [0.1, 0.15) is 50.7 Å². The number of halogens is 4. The third-order valence-electron chi connectivity index (χ3n) is 5.04. The first kappa shape index (κ1) is 26.4. The van der Waals surface area contributed by atoms with Gasteiger partial charge in [-0.3, -0.25) is 0 Å². The van der Waals surface area contributed by atoms with Crippen molar-refractivity contribution in [3.8, 4) is 11.5 Å². The van der Waals surface area contributed by atoms with E-state index in [1.165, 1.54) is 0 Å². The molecule has 0 aliphatic carbocycles. The molecule has 0 bridgehead atoms.